The van der Waals surface area contributed by atoms with Gasteiger partial charge in [-0.25, -0.2) is 0 Å². The van der Waals surface area contributed by atoms with Crippen molar-refractivity contribution in [1.29, 1.82) is 5.41 Å². The molecule has 0 spiro atoms. The van der Waals surface area contributed by atoms with Gasteiger partial charge >= 0.3 is 0 Å². The molecule has 1 aromatic rings. The minimum absolute atomic E-state index is 0.474. The summed E-state index contributed by atoms with van der Waals surface area (Å²) in [6.07, 6.45) is 1.95. The smallest absolute Gasteiger partial charge is 0.0701 e. The van der Waals surface area contributed by atoms with Crippen LogP contribution in [-0.2, 0) is 0 Å². The first kappa shape index (κ1) is 12.2. The second kappa shape index (κ2) is 5.31. The van der Waals surface area contributed by atoms with Gasteiger partial charge in [0.05, 0.1) is 5.71 Å². The molecule has 0 radical (unpaired) electrons. The fourth-order valence-corrected chi connectivity index (χ4v) is 1.43. The fraction of sp³-hybridized carbons (Fsp3) is 0.214. The lowest BCUT2D eigenvalue weighted by Crippen LogP contribution is -2.08. The summed E-state index contributed by atoms with van der Waals surface area (Å²) in [6, 6.07) is 9.64. The molecule has 0 heterocycles. The highest BCUT2D eigenvalue weighted by Crippen LogP contribution is 2.13. The summed E-state index contributed by atoms with van der Waals surface area (Å²) in [5, 5.41) is 8.13. The highest BCUT2D eigenvalue weighted by molar-refractivity contribution is 6.12. The molecule has 84 valence electrons. The van der Waals surface area contributed by atoms with Gasteiger partial charge in [0.1, 0.15) is 0 Å². The highest BCUT2D eigenvalue weighted by Gasteiger charge is 2.07. The van der Waals surface area contributed by atoms with Crippen LogP contribution >= 0.6 is 0 Å². The summed E-state index contributed by atoms with van der Waals surface area (Å²) in [5.74, 6) is 0. The fourth-order valence-electron chi connectivity index (χ4n) is 1.43. The Morgan fingerprint density at radius 2 is 1.69 bits per heavy atom. The molecule has 0 aliphatic carbocycles. The van der Waals surface area contributed by atoms with Crippen LogP contribution < -0.4 is 5.73 Å². The lowest BCUT2D eigenvalue weighted by molar-refractivity contribution is 1.26. The molecule has 1 rings (SSSR count). The van der Waals surface area contributed by atoms with Gasteiger partial charge in [0.25, 0.3) is 0 Å². The van der Waals surface area contributed by atoms with Crippen molar-refractivity contribution < 1.29 is 0 Å². The van der Waals surface area contributed by atoms with Crippen LogP contribution in [0.25, 0.3) is 0 Å². The van der Waals surface area contributed by atoms with E-state index in [0.717, 1.165) is 16.7 Å². The number of hydrogen-bond donors (Lipinski definition) is 2. The van der Waals surface area contributed by atoms with Crippen molar-refractivity contribution in [1.82, 2.24) is 0 Å². The maximum atomic E-state index is 8.13. The molecule has 0 fully saturated rings. The van der Waals surface area contributed by atoms with Crippen LogP contribution in [-0.4, -0.2) is 5.71 Å². The number of benzene rings is 1. The molecule has 0 atom stereocenters. The number of nitrogens with two attached hydrogens (primary N) is 1. The van der Waals surface area contributed by atoms with Crippen LogP contribution in [0.3, 0.4) is 0 Å². The Morgan fingerprint density at radius 3 is 2.12 bits per heavy atom. The molecular formula is C14H18N2. The first-order chi connectivity index (χ1) is 7.52. The van der Waals surface area contributed by atoms with E-state index in [4.69, 9.17) is 11.1 Å². The molecule has 0 saturated heterocycles. The summed E-state index contributed by atoms with van der Waals surface area (Å²) >= 11 is 0. The van der Waals surface area contributed by atoms with E-state index < -0.39 is 0 Å². The van der Waals surface area contributed by atoms with Gasteiger partial charge in [-0.1, -0.05) is 42.0 Å². The van der Waals surface area contributed by atoms with Gasteiger partial charge in [-0.2, -0.15) is 0 Å². The normalized spacial score (nSPS) is 11.7. The van der Waals surface area contributed by atoms with Gasteiger partial charge in [0, 0.05) is 16.8 Å². The topological polar surface area (TPSA) is 49.9 Å². The third-order valence-electron chi connectivity index (χ3n) is 2.19. The van der Waals surface area contributed by atoms with Crippen molar-refractivity contribution in [2.75, 3.05) is 0 Å². The third-order valence-corrected chi connectivity index (χ3v) is 2.19. The van der Waals surface area contributed by atoms with E-state index in [1.807, 2.05) is 57.2 Å². The van der Waals surface area contributed by atoms with Crippen LogP contribution in [0.15, 0.2) is 53.3 Å². The Kier molecular flexibility index (Phi) is 4.06. The first-order valence-corrected chi connectivity index (χ1v) is 5.28. The van der Waals surface area contributed by atoms with Crippen molar-refractivity contribution >= 4 is 5.71 Å². The molecule has 0 aliphatic heterocycles. The van der Waals surface area contributed by atoms with Gasteiger partial charge in [0.2, 0.25) is 0 Å². The summed E-state index contributed by atoms with van der Waals surface area (Å²) in [7, 11) is 0. The second-order valence-corrected chi connectivity index (χ2v) is 4.06. The number of allylic oxidation sites excluding steroid dienone is 4. The van der Waals surface area contributed by atoms with Gasteiger partial charge in [-0.15, -0.1) is 0 Å². The maximum absolute atomic E-state index is 8.13. The van der Waals surface area contributed by atoms with Gasteiger partial charge in [-0.05, 0) is 20.8 Å². The van der Waals surface area contributed by atoms with Crippen LogP contribution in [0, 0.1) is 5.41 Å². The molecule has 0 unspecified atom stereocenters. The third kappa shape index (κ3) is 3.09. The summed E-state index contributed by atoms with van der Waals surface area (Å²) in [5.41, 5.74) is 9.79. The minimum Gasteiger partial charge on any atom is -0.402 e. The Bertz CT molecular complexity index is 431. The Balaban J connectivity index is 3.14. The zero-order valence-electron chi connectivity index (χ0n) is 10.0. The number of rotatable bonds is 3. The molecule has 1 aromatic carbocycles. The van der Waals surface area contributed by atoms with E-state index in [0.29, 0.717) is 11.4 Å². The van der Waals surface area contributed by atoms with Crippen molar-refractivity contribution in [3.63, 3.8) is 0 Å². The van der Waals surface area contributed by atoms with Crippen LogP contribution in [0.5, 0.6) is 0 Å². The zero-order valence-corrected chi connectivity index (χ0v) is 10.0. The van der Waals surface area contributed by atoms with E-state index in [-0.39, 0.29) is 0 Å². The predicted octanol–water partition coefficient (Wildman–Crippen LogP) is 3.25. The van der Waals surface area contributed by atoms with E-state index >= 15 is 0 Å². The van der Waals surface area contributed by atoms with E-state index in [1.165, 1.54) is 0 Å². The van der Waals surface area contributed by atoms with Crippen molar-refractivity contribution in [3.05, 3.63) is 58.8 Å². The zero-order chi connectivity index (χ0) is 12.1. The second-order valence-electron chi connectivity index (χ2n) is 4.06. The molecule has 0 aromatic heterocycles. The molecule has 3 N–H and O–H groups in total. The van der Waals surface area contributed by atoms with E-state index in [2.05, 4.69) is 0 Å². The van der Waals surface area contributed by atoms with Crippen molar-refractivity contribution in [3.8, 4) is 0 Å². The van der Waals surface area contributed by atoms with Crippen LogP contribution in [0.1, 0.15) is 26.3 Å². The average Bonchev–Trinajstić information content (AvgIpc) is 2.25. The summed E-state index contributed by atoms with van der Waals surface area (Å²) in [6.45, 7) is 5.83. The van der Waals surface area contributed by atoms with Crippen LogP contribution in [0.4, 0.5) is 0 Å². The SMILES string of the molecule is CC(C)=C/C(C(=N)c1ccccc1)=C(\C)N. The number of nitrogens with one attached hydrogen (secondary N) is 1. The first-order valence-electron chi connectivity index (χ1n) is 5.28. The predicted molar refractivity (Wildman–Crippen MR) is 69.6 cm³/mol. The quantitative estimate of drug-likeness (QED) is 0.589. The van der Waals surface area contributed by atoms with E-state index in [9.17, 15) is 0 Å². The Hall–Kier alpha value is -1.83. The monoisotopic (exact) mass is 214 g/mol. The van der Waals surface area contributed by atoms with Gasteiger partial charge in [-0.3, -0.25) is 5.41 Å². The van der Waals surface area contributed by atoms with Crippen LogP contribution in [0.2, 0.25) is 0 Å². The van der Waals surface area contributed by atoms with Gasteiger partial charge in [0.15, 0.2) is 0 Å². The molecule has 0 amide bonds. The average molecular weight is 214 g/mol. The minimum atomic E-state index is 0.474. The molecule has 0 bridgehead atoms. The number of hydrogen-bond acceptors (Lipinski definition) is 2. The largest absolute Gasteiger partial charge is 0.402 e. The standard InChI is InChI=1S/C14H18N2/c1-10(2)9-13(11(3)15)14(16)12-7-5-4-6-8-12/h4-9,16H,15H2,1-3H3/b13-11-,16-14?. The molecule has 2 heteroatoms. The molecule has 0 saturated carbocycles. The lowest BCUT2D eigenvalue weighted by Gasteiger charge is -2.08. The summed E-state index contributed by atoms with van der Waals surface area (Å²) < 4.78 is 0. The van der Waals surface area contributed by atoms with Gasteiger partial charge < -0.3 is 5.73 Å². The maximum Gasteiger partial charge on any atom is 0.0701 e. The lowest BCUT2D eigenvalue weighted by atomic mass is 9.99. The van der Waals surface area contributed by atoms with Crippen molar-refractivity contribution in [2.24, 2.45) is 5.73 Å². The summed E-state index contributed by atoms with van der Waals surface area (Å²) in [4.78, 5) is 0. The van der Waals surface area contributed by atoms with E-state index in [1.54, 1.807) is 0 Å². The highest BCUT2D eigenvalue weighted by atomic mass is 14.6. The Morgan fingerprint density at radius 1 is 1.12 bits per heavy atom. The molecule has 16 heavy (non-hydrogen) atoms. The Labute approximate surface area is 97.0 Å². The van der Waals surface area contributed by atoms with Crippen molar-refractivity contribution in [2.45, 2.75) is 20.8 Å². The molecule has 2 nitrogen and oxygen atoms in total. The molecular weight excluding hydrogens is 196 g/mol. The molecule has 0 aliphatic rings.